The maximum Gasteiger partial charge on any atom is 0.526 e. The van der Waals surface area contributed by atoms with Crippen LogP contribution in [0, 0.1) is 6.92 Å². The number of fused-ring (bicyclic) bond motifs is 1. The summed E-state index contributed by atoms with van der Waals surface area (Å²) in [5.41, 5.74) is 8.25. The van der Waals surface area contributed by atoms with Gasteiger partial charge in [0.15, 0.2) is 16.6 Å². The van der Waals surface area contributed by atoms with E-state index >= 15 is 0 Å². The highest BCUT2D eigenvalue weighted by molar-refractivity contribution is 7.13. The topological polar surface area (TPSA) is 107 Å². The van der Waals surface area contributed by atoms with Crippen molar-refractivity contribution in [3.05, 3.63) is 40.4 Å². The highest BCUT2D eigenvalue weighted by atomic mass is 32.1. The van der Waals surface area contributed by atoms with E-state index in [9.17, 15) is 9.82 Å². The van der Waals surface area contributed by atoms with Crippen molar-refractivity contribution in [1.82, 2.24) is 4.98 Å². The van der Waals surface area contributed by atoms with Gasteiger partial charge in [-0.2, -0.15) is 0 Å². The number of nitrogens with two attached hydrogens (primary N) is 1. The van der Waals surface area contributed by atoms with Gasteiger partial charge in [-0.3, -0.25) is 4.79 Å². The van der Waals surface area contributed by atoms with Gasteiger partial charge in [-0.25, -0.2) is 4.98 Å². The van der Waals surface area contributed by atoms with E-state index in [1.807, 2.05) is 25.1 Å². The van der Waals surface area contributed by atoms with Crippen molar-refractivity contribution < 1.29 is 19.3 Å². The van der Waals surface area contributed by atoms with Crippen LogP contribution in [0.4, 0.5) is 5.13 Å². The summed E-state index contributed by atoms with van der Waals surface area (Å²) in [6.45, 7) is 1.94. The van der Waals surface area contributed by atoms with E-state index in [1.165, 1.54) is 11.3 Å². The summed E-state index contributed by atoms with van der Waals surface area (Å²) in [4.78, 5) is 22.7. The van der Waals surface area contributed by atoms with Crippen molar-refractivity contribution in [2.24, 2.45) is 5.16 Å². The van der Waals surface area contributed by atoms with Crippen molar-refractivity contribution >= 4 is 35.1 Å². The summed E-state index contributed by atoms with van der Waals surface area (Å²) < 4.78 is 5.69. The number of aryl methyl sites for hydroxylation is 1. The molecule has 0 radical (unpaired) electrons. The molecule has 2 heterocycles. The molecule has 1 saturated carbocycles. The van der Waals surface area contributed by atoms with Gasteiger partial charge in [-0.15, -0.1) is 11.3 Å². The number of hydrogen-bond acceptors (Lipinski definition) is 8. The molecular formula is C19H22BN3O4S. The number of thiazole rings is 1. The zero-order valence-corrected chi connectivity index (χ0v) is 16.4. The van der Waals surface area contributed by atoms with Crippen LogP contribution in [-0.4, -0.2) is 34.7 Å². The molecule has 4 rings (SSSR count). The summed E-state index contributed by atoms with van der Waals surface area (Å²) in [5.74, 6) is 0.0910. The molecule has 2 aliphatic rings. The lowest BCUT2D eigenvalue weighted by molar-refractivity contribution is -0.113. The van der Waals surface area contributed by atoms with Crippen LogP contribution in [0.3, 0.4) is 0 Å². The molecule has 0 unspecified atom stereocenters. The molecule has 1 aliphatic heterocycles. The lowest BCUT2D eigenvalue weighted by atomic mass is 9.64. The van der Waals surface area contributed by atoms with Gasteiger partial charge in [0.25, 0.3) is 0 Å². The van der Waals surface area contributed by atoms with E-state index < -0.39 is 7.12 Å². The zero-order chi connectivity index (χ0) is 19.7. The van der Waals surface area contributed by atoms with Crippen molar-refractivity contribution in [2.75, 3.05) is 5.73 Å². The van der Waals surface area contributed by atoms with Gasteiger partial charge < -0.3 is 20.2 Å². The number of carbonyl (C=O) groups is 1. The van der Waals surface area contributed by atoms with Crippen LogP contribution in [0.2, 0.25) is 5.82 Å². The van der Waals surface area contributed by atoms with Gasteiger partial charge in [0.2, 0.25) is 0 Å². The molecule has 2 aromatic rings. The highest BCUT2D eigenvalue weighted by Gasteiger charge is 2.38. The number of anilines is 1. The number of aromatic nitrogens is 1. The molecule has 1 fully saturated rings. The van der Waals surface area contributed by atoms with E-state index in [2.05, 4.69) is 10.1 Å². The standard InChI is InChI=1S/C19H22BN3O4S/c1-11-4-2-5-12-8-13(20(25)26-18(11)12)9-16(24)17(15-10-28-19(21)22-15)23-27-14-6-3-7-14/h2,4-5,10,13-14,25H,3,6-9H2,1H3,(H2,21,22)/b23-17-/t13-/m1/s1. The van der Waals surface area contributed by atoms with Crippen molar-refractivity contribution in [2.45, 2.75) is 50.9 Å². The van der Waals surface area contributed by atoms with E-state index in [4.69, 9.17) is 15.2 Å². The first-order valence-corrected chi connectivity index (χ1v) is 10.3. The van der Waals surface area contributed by atoms with Crippen LogP contribution in [0.25, 0.3) is 0 Å². The minimum absolute atomic E-state index is 0.0530. The average molecular weight is 399 g/mol. The Kier molecular flexibility index (Phi) is 5.37. The van der Waals surface area contributed by atoms with Gasteiger partial charge >= 0.3 is 7.12 Å². The number of Topliss-reactive ketones (excluding diaryl/α,β-unsaturated/α-hetero) is 1. The molecule has 28 heavy (non-hydrogen) atoms. The van der Waals surface area contributed by atoms with E-state index in [-0.39, 0.29) is 29.8 Å². The third-order valence-electron chi connectivity index (χ3n) is 5.24. The van der Waals surface area contributed by atoms with Crippen molar-refractivity contribution in [3.63, 3.8) is 0 Å². The third-order valence-corrected chi connectivity index (χ3v) is 5.91. The number of nitrogen functional groups attached to an aromatic ring is 1. The number of oxime groups is 1. The van der Waals surface area contributed by atoms with Crippen LogP contribution in [0.5, 0.6) is 5.75 Å². The van der Waals surface area contributed by atoms with Gasteiger partial charge in [0.05, 0.1) is 0 Å². The van der Waals surface area contributed by atoms with Gasteiger partial charge in [-0.05, 0) is 43.7 Å². The van der Waals surface area contributed by atoms with Gasteiger partial charge in [-0.1, -0.05) is 23.4 Å². The van der Waals surface area contributed by atoms with Crippen molar-refractivity contribution in [3.8, 4) is 5.75 Å². The highest BCUT2D eigenvalue weighted by Crippen LogP contribution is 2.36. The summed E-state index contributed by atoms with van der Waals surface area (Å²) in [7, 11) is -1.05. The summed E-state index contributed by atoms with van der Waals surface area (Å²) >= 11 is 1.25. The Balaban J connectivity index is 1.52. The monoisotopic (exact) mass is 399 g/mol. The Morgan fingerprint density at radius 2 is 2.32 bits per heavy atom. The molecule has 1 atom stereocenters. The predicted octanol–water partition coefficient (Wildman–Crippen LogP) is 2.75. The molecule has 0 bridgehead atoms. The quantitative estimate of drug-likeness (QED) is 0.440. The molecule has 0 amide bonds. The maximum absolute atomic E-state index is 13.0. The first-order chi connectivity index (χ1) is 13.5. The largest absolute Gasteiger partial charge is 0.536 e. The molecule has 1 aliphatic carbocycles. The normalized spacial score (nSPS) is 19.6. The fourth-order valence-electron chi connectivity index (χ4n) is 3.39. The van der Waals surface area contributed by atoms with Gasteiger partial charge in [0, 0.05) is 17.6 Å². The zero-order valence-electron chi connectivity index (χ0n) is 15.6. The molecule has 7 nitrogen and oxygen atoms in total. The van der Waals surface area contributed by atoms with Crippen LogP contribution in [0.1, 0.15) is 42.5 Å². The number of hydrogen-bond donors (Lipinski definition) is 2. The number of carbonyl (C=O) groups excluding carboxylic acids is 1. The first kappa shape index (κ1) is 19.0. The summed E-state index contributed by atoms with van der Waals surface area (Å²) in [6.07, 6.45) is 3.68. The van der Waals surface area contributed by atoms with Crippen LogP contribution < -0.4 is 10.4 Å². The Morgan fingerprint density at radius 3 is 3.00 bits per heavy atom. The minimum atomic E-state index is -1.05. The van der Waals surface area contributed by atoms with E-state index in [0.29, 0.717) is 23.0 Å². The SMILES string of the molecule is Cc1cccc2c1OB(O)[C@@H](CC(=O)/C(=N\OC1CCC1)c1csc(N)n1)C2. The van der Waals surface area contributed by atoms with Gasteiger partial charge in [0.1, 0.15) is 17.5 Å². The molecule has 1 aromatic carbocycles. The fourth-order valence-corrected chi connectivity index (χ4v) is 3.94. The van der Waals surface area contributed by atoms with Crippen LogP contribution >= 0.6 is 11.3 Å². The third kappa shape index (κ3) is 3.90. The molecule has 0 saturated heterocycles. The lowest BCUT2D eigenvalue weighted by Crippen LogP contribution is -2.36. The second-order valence-electron chi connectivity index (χ2n) is 7.33. The Labute approximate surface area is 167 Å². The Morgan fingerprint density at radius 1 is 1.50 bits per heavy atom. The lowest BCUT2D eigenvalue weighted by Gasteiger charge is -2.28. The summed E-state index contributed by atoms with van der Waals surface area (Å²) in [5, 5.41) is 16.6. The van der Waals surface area contributed by atoms with Crippen LogP contribution in [0.15, 0.2) is 28.7 Å². The first-order valence-electron chi connectivity index (χ1n) is 9.43. The average Bonchev–Trinajstić information content (AvgIpc) is 3.04. The van der Waals surface area contributed by atoms with E-state index in [1.54, 1.807) is 5.38 Å². The predicted molar refractivity (Wildman–Crippen MR) is 109 cm³/mol. The number of rotatable bonds is 6. The molecule has 9 heteroatoms. The number of benzene rings is 1. The second kappa shape index (κ2) is 7.93. The molecule has 0 spiro atoms. The van der Waals surface area contributed by atoms with Crippen LogP contribution in [-0.2, 0) is 16.1 Å². The van der Waals surface area contributed by atoms with Crippen molar-refractivity contribution in [1.29, 1.82) is 0 Å². The Hall–Kier alpha value is -2.39. The molecule has 3 N–H and O–H groups in total. The van der Waals surface area contributed by atoms with E-state index in [0.717, 1.165) is 30.4 Å². The second-order valence-corrected chi connectivity index (χ2v) is 8.22. The number of ketones is 1. The summed E-state index contributed by atoms with van der Waals surface area (Å²) in [6, 6.07) is 5.85. The molecular weight excluding hydrogens is 377 g/mol. The minimum Gasteiger partial charge on any atom is -0.536 e. The maximum atomic E-state index is 13.0. The number of nitrogens with zero attached hydrogens (tertiary/aromatic N) is 2. The fraction of sp³-hybridized carbons (Fsp3) is 0.421. The Bertz CT molecular complexity index is 912. The smallest absolute Gasteiger partial charge is 0.526 e. The molecule has 1 aromatic heterocycles. The molecule has 146 valence electrons. The number of para-hydroxylation sites is 1.